The maximum atomic E-state index is 12.8. The molecule has 5 rings (SSSR count). The van der Waals surface area contributed by atoms with Crippen LogP contribution in [0.2, 0.25) is 0 Å². The summed E-state index contributed by atoms with van der Waals surface area (Å²) in [6.07, 6.45) is 0. The molecule has 2 aliphatic rings. The number of benzene rings is 3. The van der Waals surface area contributed by atoms with Gasteiger partial charge in [-0.1, -0.05) is 48.5 Å². The lowest BCUT2D eigenvalue weighted by molar-refractivity contribution is 0.0222. The first kappa shape index (κ1) is 14.7. The van der Waals surface area contributed by atoms with Crippen LogP contribution in [-0.4, -0.2) is 17.0 Å². The lowest BCUT2D eigenvalue weighted by atomic mass is 9.77. The van der Waals surface area contributed by atoms with Crippen LogP contribution in [0.3, 0.4) is 0 Å². The van der Waals surface area contributed by atoms with Crippen molar-refractivity contribution in [1.82, 2.24) is 0 Å². The van der Waals surface area contributed by atoms with Gasteiger partial charge in [0.1, 0.15) is 11.5 Å². The third-order valence-corrected chi connectivity index (χ3v) is 4.88. The predicted molar refractivity (Wildman–Crippen MR) is 91.7 cm³/mol. The van der Waals surface area contributed by atoms with Gasteiger partial charge in [-0.2, -0.15) is 0 Å². The second-order valence-corrected chi connectivity index (χ2v) is 6.20. The number of carbonyl (C=O) groups is 2. The summed E-state index contributed by atoms with van der Waals surface area (Å²) in [7, 11) is 0. The van der Waals surface area contributed by atoms with E-state index in [9.17, 15) is 14.7 Å². The molecule has 5 heteroatoms. The van der Waals surface area contributed by atoms with Gasteiger partial charge in [-0.3, -0.25) is 0 Å². The van der Waals surface area contributed by atoms with E-state index in [0.29, 0.717) is 28.2 Å². The zero-order chi connectivity index (χ0) is 17.9. The number of carboxylic acids is 1. The van der Waals surface area contributed by atoms with Gasteiger partial charge in [-0.05, 0) is 18.2 Å². The van der Waals surface area contributed by atoms with E-state index < -0.39 is 17.5 Å². The number of ether oxygens (including phenoxy) is 2. The Kier molecular flexibility index (Phi) is 2.80. The van der Waals surface area contributed by atoms with E-state index in [4.69, 9.17) is 9.47 Å². The van der Waals surface area contributed by atoms with Gasteiger partial charge < -0.3 is 14.6 Å². The van der Waals surface area contributed by atoms with Crippen molar-refractivity contribution in [2.24, 2.45) is 0 Å². The molecule has 0 saturated heterocycles. The fourth-order valence-corrected chi connectivity index (χ4v) is 3.85. The van der Waals surface area contributed by atoms with E-state index in [1.54, 1.807) is 24.3 Å². The van der Waals surface area contributed by atoms with Gasteiger partial charge in [0.15, 0.2) is 5.60 Å². The molecule has 1 N–H and O–H groups in total. The predicted octanol–water partition coefficient (Wildman–Crippen LogP) is 3.95. The number of hydrogen-bond acceptors (Lipinski definition) is 4. The maximum Gasteiger partial charge on any atom is 0.341 e. The van der Waals surface area contributed by atoms with Crippen LogP contribution in [0.5, 0.6) is 11.5 Å². The Morgan fingerprint density at radius 1 is 0.808 bits per heavy atom. The number of carbonyl (C=O) groups excluding carboxylic acids is 1. The highest BCUT2D eigenvalue weighted by Gasteiger charge is 2.54. The van der Waals surface area contributed by atoms with Crippen LogP contribution < -0.4 is 4.74 Å². The van der Waals surface area contributed by atoms with Crippen molar-refractivity contribution < 1.29 is 24.2 Å². The third-order valence-electron chi connectivity index (χ3n) is 4.88. The molecule has 5 nitrogen and oxygen atoms in total. The van der Waals surface area contributed by atoms with E-state index in [1.165, 1.54) is 6.07 Å². The minimum atomic E-state index is -1.22. The van der Waals surface area contributed by atoms with Crippen molar-refractivity contribution in [3.8, 4) is 11.5 Å². The second kappa shape index (κ2) is 4.95. The summed E-state index contributed by atoms with van der Waals surface area (Å²) in [6.45, 7) is 0. The molecule has 126 valence electrons. The minimum absolute atomic E-state index is 0.0640. The Balaban J connectivity index is 1.92. The molecule has 0 unspecified atom stereocenters. The summed E-state index contributed by atoms with van der Waals surface area (Å²) in [6, 6.07) is 19.4. The first-order valence-electron chi connectivity index (χ1n) is 8.10. The van der Waals surface area contributed by atoms with Crippen LogP contribution in [0.25, 0.3) is 0 Å². The summed E-state index contributed by atoms with van der Waals surface area (Å²) in [5.74, 6) is -0.658. The molecule has 3 aromatic carbocycles. The lowest BCUT2D eigenvalue weighted by Crippen LogP contribution is -2.32. The molecule has 3 aromatic rings. The van der Waals surface area contributed by atoms with Crippen LogP contribution in [0.15, 0.2) is 66.7 Å². The molecule has 2 heterocycles. The van der Waals surface area contributed by atoms with E-state index in [0.717, 1.165) is 0 Å². The van der Waals surface area contributed by atoms with Crippen molar-refractivity contribution in [3.63, 3.8) is 0 Å². The van der Waals surface area contributed by atoms with Crippen molar-refractivity contribution in [2.75, 3.05) is 0 Å². The van der Waals surface area contributed by atoms with Gasteiger partial charge in [0.25, 0.3) is 0 Å². The minimum Gasteiger partial charge on any atom is -0.478 e. The Morgan fingerprint density at radius 2 is 1.38 bits per heavy atom. The van der Waals surface area contributed by atoms with Gasteiger partial charge >= 0.3 is 11.9 Å². The molecule has 0 aliphatic carbocycles. The molecule has 0 radical (unpaired) electrons. The molecule has 0 amide bonds. The van der Waals surface area contributed by atoms with Crippen molar-refractivity contribution in [1.29, 1.82) is 0 Å². The number of aromatic carboxylic acids is 1. The number of para-hydroxylation sites is 2. The molecule has 0 fully saturated rings. The van der Waals surface area contributed by atoms with Gasteiger partial charge in [0.05, 0.1) is 11.1 Å². The highest BCUT2D eigenvalue weighted by Crippen LogP contribution is 2.56. The Hall–Kier alpha value is -3.60. The molecule has 0 aromatic heterocycles. The van der Waals surface area contributed by atoms with E-state index in [2.05, 4.69) is 0 Å². The van der Waals surface area contributed by atoms with Gasteiger partial charge in [-0.25, -0.2) is 9.59 Å². The van der Waals surface area contributed by atoms with Crippen LogP contribution in [0.4, 0.5) is 0 Å². The van der Waals surface area contributed by atoms with Gasteiger partial charge in [0.2, 0.25) is 0 Å². The van der Waals surface area contributed by atoms with Crippen molar-refractivity contribution in [3.05, 3.63) is 94.5 Å². The fourth-order valence-electron chi connectivity index (χ4n) is 3.85. The largest absolute Gasteiger partial charge is 0.478 e. The number of rotatable bonds is 1. The molecule has 26 heavy (non-hydrogen) atoms. The topological polar surface area (TPSA) is 72.8 Å². The van der Waals surface area contributed by atoms with Gasteiger partial charge in [-0.15, -0.1) is 0 Å². The summed E-state index contributed by atoms with van der Waals surface area (Å²) < 4.78 is 11.9. The highest BCUT2D eigenvalue weighted by atomic mass is 16.6. The number of carboxylic acid groups (broad SMARTS) is 1. The molecular weight excluding hydrogens is 332 g/mol. The first-order chi connectivity index (χ1) is 12.6. The van der Waals surface area contributed by atoms with E-state index >= 15 is 0 Å². The average molecular weight is 344 g/mol. The highest BCUT2D eigenvalue weighted by molar-refractivity contribution is 6.06. The molecule has 2 aliphatic heterocycles. The SMILES string of the molecule is O=C(O)c1cccc2c1C(=O)OC21c2ccccc2Oc2ccccc21. The lowest BCUT2D eigenvalue weighted by Gasteiger charge is -2.36. The van der Waals surface area contributed by atoms with Crippen molar-refractivity contribution >= 4 is 11.9 Å². The summed E-state index contributed by atoms with van der Waals surface area (Å²) >= 11 is 0. The summed E-state index contributed by atoms with van der Waals surface area (Å²) in [5.41, 5.74) is 0.674. The second-order valence-electron chi connectivity index (χ2n) is 6.20. The fraction of sp³-hybridized carbons (Fsp3) is 0.0476. The smallest absolute Gasteiger partial charge is 0.341 e. The quantitative estimate of drug-likeness (QED) is 0.677. The van der Waals surface area contributed by atoms with Crippen LogP contribution in [0, 0.1) is 0 Å². The summed E-state index contributed by atoms with van der Waals surface area (Å²) in [4.78, 5) is 24.4. The Bertz CT molecular complexity index is 1050. The zero-order valence-corrected chi connectivity index (χ0v) is 13.4. The van der Waals surface area contributed by atoms with E-state index in [1.807, 2.05) is 36.4 Å². The molecule has 0 saturated carbocycles. The van der Waals surface area contributed by atoms with Crippen molar-refractivity contribution in [2.45, 2.75) is 5.60 Å². The number of fused-ring (bicyclic) bond motifs is 6. The Labute approximate surface area is 148 Å². The maximum absolute atomic E-state index is 12.8. The van der Waals surface area contributed by atoms with Crippen LogP contribution in [0.1, 0.15) is 37.4 Å². The zero-order valence-electron chi connectivity index (χ0n) is 13.4. The number of hydrogen-bond donors (Lipinski definition) is 1. The molecule has 0 bridgehead atoms. The third kappa shape index (κ3) is 1.69. The molecule has 0 atom stereocenters. The monoisotopic (exact) mass is 344 g/mol. The van der Waals surface area contributed by atoms with E-state index in [-0.39, 0.29) is 11.1 Å². The number of esters is 1. The standard InChI is InChI=1S/C21H12O5/c22-19(23)12-6-5-9-15-18(12)20(24)26-21(15)13-7-1-3-10-16(13)25-17-11-4-2-8-14(17)21/h1-11H,(H,22,23). The molecular formula is C21H12O5. The summed E-state index contributed by atoms with van der Waals surface area (Å²) in [5, 5.41) is 9.51. The molecule has 1 spiro atoms. The first-order valence-corrected chi connectivity index (χ1v) is 8.10. The normalized spacial score (nSPS) is 15.5. The van der Waals surface area contributed by atoms with Crippen LogP contribution in [-0.2, 0) is 10.3 Å². The van der Waals surface area contributed by atoms with Crippen LogP contribution >= 0.6 is 0 Å². The average Bonchev–Trinajstić information content (AvgIpc) is 2.96. The van der Waals surface area contributed by atoms with Gasteiger partial charge in [0, 0.05) is 16.7 Å². The Morgan fingerprint density at radius 3 is 2.00 bits per heavy atom.